The lowest BCUT2D eigenvalue weighted by Gasteiger charge is -2.12. The lowest BCUT2D eigenvalue weighted by Crippen LogP contribution is -2.23. The second-order valence-corrected chi connectivity index (χ2v) is 7.50. The van der Waals surface area contributed by atoms with Gasteiger partial charge in [0.1, 0.15) is 5.82 Å². The molecule has 3 rings (SSSR count). The van der Waals surface area contributed by atoms with Crippen LogP contribution in [0.25, 0.3) is 11.4 Å². The number of carbonyl (C=O) groups excluding carboxylic acids is 2. The van der Waals surface area contributed by atoms with Gasteiger partial charge in [-0.15, -0.1) is 10.2 Å². The highest BCUT2D eigenvalue weighted by atomic mass is 32.2. The number of anilines is 2. The summed E-state index contributed by atoms with van der Waals surface area (Å²) in [4.78, 5) is 23.5. The minimum atomic E-state index is -0.502. The SMILES string of the molecule is CC(=O)Nc1ccc(NC(=O)[C@H](C)Sc2nnc(-c3ccc(F)cc3)n2N)cc1. The van der Waals surface area contributed by atoms with E-state index in [0.717, 1.165) is 11.8 Å². The zero-order valence-electron chi connectivity index (χ0n) is 15.7. The average Bonchev–Trinajstić information content (AvgIpc) is 3.04. The Bertz CT molecular complexity index is 1020. The van der Waals surface area contributed by atoms with Gasteiger partial charge in [0, 0.05) is 23.9 Å². The summed E-state index contributed by atoms with van der Waals surface area (Å²) in [5, 5.41) is 13.3. The summed E-state index contributed by atoms with van der Waals surface area (Å²) < 4.78 is 14.4. The molecule has 1 atom stereocenters. The highest BCUT2D eigenvalue weighted by Gasteiger charge is 2.20. The molecule has 0 unspecified atom stereocenters. The third-order valence-corrected chi connectivity index (χ3v) is 4.95. The Balaban J connectivity index is 1.64. The van der Waals surface area contributed by atoms with Crippen LogP contribution < -0.4 is 16.5 Å². The van der Waals surface area contributed by atoms with Crippen LogP contribution in [0.1, 0.15) is 13.8 Å². The number of nitrogen functional groups attached to an aromatic ring is 1. The summed E-state index contributed by atoms with van der Waals surface area (Å²) in [6, 6.07) is 12.5. The van der Waals surface area contributed by atoms with Crippen LogP contribution in [0.4, 0.5) is 15.8 Å². The molecule has 2 amide bonds. The molecule has 0 spiro atoms. The number of halogens is 1. The number of hydrogen-bond donors (Lipinski definition) is 3. The maximum atomic E-state index is 13.1. The number of aromatic nitrogens is 3. The summed E-state index contributed by atoms with van der Waals surface area (Å²) in [7, 11) is 0. The lowest BCUT2D eigenvalue weighted by atomic mass is 10.2. The molecule has 0 radical (unpaired) electrons. The molecule has 0 bridgehead atoms. The summed E-state index contributed by atoms with van der Waals surface area (Å²) in [5.41, 5.74) is 1.85. The van der Waals surface area contributed by atoms with E-state index in [1.165, 1.54) is 23.7 Å². The predicted octanol–water partition coefficient (Wildman–Crippen LogP) is 2.88. The molecule has 2 aromatic carbocycles. The quantitative estimate of drug-likeness (QED) is 0.422. The molecule has 0 saturated carbocycles. The number of hydrogen-bond acceptors (Lipinski definition) is 6. The van der Waals surface area contributed by atoms with Gasteiger partial charge < -0.3 is 16.5 Å². The van der Waals surface area contributed by atoms with Crippen molar-refractivity contribution in [2.24, 2.45) is 0 Å². The van der Waals surface area contributed by atoms with Crippen molar-refractivity contribution in [3.63, 3.8) is 0 Å². The second kappa shape index (κ2) is 8.74. The van der Waals surface area contributed by atoms with Crippen molar-refractivity contribution in [3.05, 3.63) is 54.3 Å². The number of amides is 2. The fraction of sp³-hybridized carbons (Fsp3) is 0.158. The molecular weight excluding hydrogens is 395 g/mol. The van der Waals surface area contributed by atoms with Crippen molar-refractivity contribution in [3.8, 4) is 11.4 Å². The summed E-state index contributed by atoms with van der Waals surface area (Å²) >= 11 is 1.15. The van der Waals surface area contributed by atoms with Crippen LogP contribution in [0, 0.1) is 5.82 Å². The Morgan fingerprint density at radius 1 is 1.03 bits per heavy atom. The molecule has 1 aromatic heterocycles. The second-order valence-electron chi connectivity index (χ2n) is 6.19. The predicted molar refractivity (Wildman–Crippen MR) is 110 cm³/mol. The van der Waals surface area contributed by atoms with Crippen LogP contribution in [0.5, 0.6) is 0 Å². The summed E-state index contributed by atoms with van der Waals surface area (Å²) in [6.45, 7) is 3.14. The van der Waals surface area contributed by atoms with Crippen LogP contribution in [-0.4, -0.2) is 31.9 Å². The van der Waals surface area contributed by atoms with E-state index in [4.69, 9.17) is 5.84 Å². The molecule has 0 aliphatic carbocycles. The van der Waals surface area contributed by atoms with Crippen LogP contribution in [-0.2, 0) is 9.59 Å². The number of benzene rings is 2. The van der Waals surface area contributed by atoms with Gasteiger partial charge in [0.05, 0.1) is 5.25 Å². The van der Waals surface area contributed by atoms with Crippen molar-refractivity contribution in [1.82, 2.24) is 14.9 Å². The maximum Gasteiger partial charge on any atom is 0.237 e. The average molecular weight is 414 g/mol. The Labute approximate surface area is 170 Å². The third kappa shape index (κ3) is 5.11. The van der Waals surface area contributed by atoms with E-state index in [9.17, 15) is 14.0 Å². The van der Waals surface area contributed by atoms with Crippen molar-refractivity contribution in [1.29, 1.82) is 0 Å². The van der Waals surface area contributed by atoms with Gasteiger partial charge in [-0.1, -0.05) is 11.8 Å². The Hall–Kier alpha value is -3.40. The van der Waals surface area contributed by atoms with E-state index >= 15 is 0 Å². The molecule has 0 aliphatic rings. The molecule has 0 aliphatic heterocycles. The van der Waals surface area contributed by atoms with Gasteiger partial charge in [-0.05, 0) is 55.5 Å². The first kappa shape index (κ1) is 20.3. The topological polar surface area (TPSA) is 115 Å². The van der Waals surface area contributed by atoms with Gasteiger partial charge in [0.2, 0.25) is 17.0 Å². The molecular formula is C19H19FN6O2S. The van der Waals surface area contributed by atoms with Crippen molar-refractivity contribution >= 4 is 35.0 Å². The van der Waals surface area contributed by atoms with Gasteiger partial charge in [-0.2, -0.15) is 0 Å². The van der Waals surface area contributed by atoms with E-state index in [1.54, 1.807) is 43.3 Å². The third-order valence-electron chi connectivity index (χ3n) is 3.89. The highest BCUT2D eigenvalue weighted by Crippen LogP contribution is 2.25. The Morgan fingerprint density at radius 2 is 1.62 bits per heavy atom. The lowest BCUT2D eigenvalue weighted by molar-refractivity contribution is -0.115. The minimum Gasteiger partial charge on any atom is -0.335 e. The van der Waals surface area contributed by atoms with Gasteiger partial charge in [0.15, 0.2) is 5.82 Å². The Morgan fingerprint density at radius 3 is 2.21 bits per heavy atom. The molecule has 29 heavy (non-hydrogen) atoms. The van der Waals surface area contributed by atoms with Gasteiger partial charge in [-0.3, -0.25) is 9.59 Å². The molecule has 4 N–H and O–H groups in total. The van der Waals surface area contributed by atoms with Crippen LogP contribution in [0.2, 0.25) is 0 Å². The molecule has 3 aromatic rings. The van der Waals surface area contributed by atoms with E-state index in [2.05, 4.69) is 20.8 Å². The van der Waals surface area contributed by atoms with Gasteiger partial charge in [-0.25, -0.2) is 9.07 Å². The first-order valence-electron chi connectivity index (χ1n) is 8.65. The molecule has 8 nitrogen and oxygen atoms in total. The van der Waals surface area contributed by atoms with Crippen LogP contribution >= 0.6 is 11.8 Å². The molecule has 0 fully saturated rings. The zero-order valence-corrected chi connectivity index (χ0v) is 16.5. The number of nitrogens with one attached hydrogen (secondary N) is 2. The first-order valence-corrected chi connectivity index (χ1v) is 9.53. The number of rotatable bonds is 6. The zero-order chi connectivity index (χ0) is 21.0. The molecule has 150 valence electrons. The maximum absolute atomic E-state index is 13.1. The summed E-state index contributed by atoms with van der Waals surface area (Å²) in [6.07, 6.45) is 0. The molecule has 0 saturated heterocycles. The summed E-state index contributed by atoms with van der Waals surface area (Å²) in [5.74, 6) is 5.64. The van der Waals surface area contributed by atoms with E-state index in [0.29, 0.717) is 27.9 Å². The molecule has 10 heteroatoms. The largest absolute Gasteiger partial charge is 0.335 e. The van der Waals surface area contributed by atoms with Crippen LogP contribution in [0.3, 0.4) is 0 Å². The number of carbonyl (C=O) groups is 2. The van der Waals surface area contributed by atoms with Crippen molar-refractivity contribution in [2.75, 3.05) is 16.5 Å². The van der Waals surface area contributed by atoms with E-state index in [-0.39, 0.29) is 17.6 Å². The fourth-order valence-electron chi connectivity index (χ4n) is 2.45. The van der Waals surface area contributed by atoms with Crippen molar-refractivity contribution < 1.29 is 14.0 Å². The van der Waals surface area contributed by atoms with Crippen molar-refractivity contribution in [2.45, 2.75) is 24.3 Å². The minimum absolute atomic E-state index is 0.169. The van der Waals surface area contributed by atoms with Gasteiger partial charge in [0.25, 0.3) is 0 Å². The fourth-order valence-corrected chi connectivity index (χ4v) is 3.22. The standard InChI is InChI=1S/C19H19FN6O2S/c1-11(18(28)23-16-9-7-15(8-10-16)22-12(2)27)29-19-25-24-17(26(19)21)13-3-5-14(20)6-4-13/h3-11H,21H2,1-2H3,(H,22,27)(H,23,28)/t11-/m0/s1. The van der Waals surface area contributed by atoms with E-state index in [1.807, 2.05) is 0 Å². The normalized spacial score (nSPS) is 11.7. The van der Waals surface area contributed by atoms with Gasteiger partial charge >= 0.3 is 0 Å². The first-order chi connectivity index (χ1) is 13.8. The number of nitrogens with zero attached hydrogens (tertiary/aromatic N) is 3. The smallest absolute Gasteiger partial charge is 0.237 e. The number of nitrogens with two attached hydrogens (primary N) is 1. The van der Waals surface area contributed by atoms with Crippen LogP contribution in [0.15, 0.2) is 53.7 Å². The Kier molecular flexibility index (Phi) is 6.13. The van der Waals surface area contributed by atoms with E-state index < -0.39 is 5.25 Å². The highest BCUT2D eigenvalue weighted by molar-refractivity contribution is 8.00. The number of thioether (sulfide) groups is 1. The molecule has 1 heterocycles. The monoisotopic (exact) mass is 414 g/mol.